The van der Waals surface area contributed by atoms with Crippen molar-refractivity contribution in [1.82, 2.24) is 5.43 Å². The summed E-state index contributed by atoms with van der Waals surface area (Å²) < 4.78 is 0. The predicted octanol–water partition coefficient (Wildman–Crippen LogP) is 1.93. The van der Waals surface area contributed by atoms with Crippen molar-refractivity contribution >= 4 is 23.7 Å². The van der Waals surface area contributed by atoms with Crippen molar-refractivity contribution in [3.63, 3.8) is 0 Å². The number of carbonyl (C=O) groups is 1. The first-order chi connectivity index (χ1) is 10.4. The van der Waals surface area contributed by atoms with Crippen LogP contribution in [0.5, 0.6) is 23.0 Å². The Morgan fingerprint density at radius 1 is 1.05 bits per heavy atom. The van der Waals surface area contributed by atoms with Gasteiger partial charge in [-0.15, -0.1) is 0 Å². The normalized spacial score (nSPS) is 10.8. The molecule has 0 atom stereocenters. The zero-order valence-electron chi connectivity index (χ0n) is 11.0. The average Bonchev–Trinajstić information content (AvgIpc) is 2.47. The minimum atomic E-state index is -0.733. The van der Waals surface area contributed by atoms with Crippen molar-refractivity contribution in [3.8, 4) is 23.0 Å². The molecule has 8 heteroatoms. The molecule has 0 unspecified atom stereocenters. The maximum Gasteiger partial charge on any atom is 0.271 e. The van der Waals surface area contributed by atoms with E-state index in [1.807, 2.05) is 0 Å². The molecule has 0 fully saturated rings. The average molecular weight is 323 g/mol. The number of hydrogen-bond donors (Lipinski definition) is 5. The van der Waals surface area contributed by atoms with Crippen molar-refractivity contribution < 1.29 is 25.2 Å². The Morgan fingerprint density at radius 2 is 1.68 bits per heavy atom. The number of phenolic OH excluding ortho intramolecular Hbond substituents is 4. The summed E-state index contributed by atoms with van der Waals surface area (Å²) in [7, 11) is 0. The second kappa shape index (κ2) is 6.23. The lowest BCUT2D eigenvalue weighted by atomic mass is 10.2. The van der Waals surface area contributed by atoms with Gasteiger partial charge in [0.1, 0.15) is 5.75 Å². The molecule has 1 amide bonds. The van der Waals surface area contributed by atoms with Gasteiger partial charge in [-0.25, -0.2) is 5.43 Å². The van der Waals surface area contributed by atoms with Gasteiger partial charge in [-0.1, -0.05) is 11.6 Å². The summed E-state index contributed by atoms with van der Waals surface area (Å²) in [4.78, 5) is 11.8. The third kappa shape index (κ3) is 3.39. The Kier molecular flexibility index (Phi) is 4.38. The number of aromatic hydroxyl groups is 4. The summed E-state index contributed by atoms with van der Waals surface area (Å²) in [6, 6.07) is 6.26. The molecule has 2 aromatic carbocycles. The van der Waals surface area contributed by atoms with Crippen LogP contribution in [0.15, 0.2) is 35.4 Å². The SMILES string of the molecule is O=C(N/N=C/c1cc(Cl)ccc1O)c1cc(O)c(O)c(O)c1. The van der Waals surface area contributed by atoms with E-state index in [2.05, 4.69) is 10.5 Å². The number of halogens is 1. The maximum absolute atomic E-state index is 11.8. The number of carbonyl (C=O) groups excluding carboxylic acids is 1. The number of hydrazone groups is 1. The van der Waals surface area contributed by atoms with Gasteiger partial charge in [0, 0.05) is 16.1 Å². The number of nitrogens with one attached hydrogen (secondary N) is 1. The molecular formula is C14H11ClN2O5. The van der Waals surface area contributed by atoms with Gasteiger partial charge in [0.2, 0.25) is 0 Å². The van der Waals surface area contributed by atoms with Crippen LogP contribution in [0.4, 0.5) is 0 Å². The molecular weight excluding hydrogens is 312 g/mol. The Labute approximate surface area is 129 Å². The lowest BCUT2D eigenvalue weighted by Gasteiger charge is -2.04. The molecule has 0 saturated heterocycles. The Hall–Kier alpha value is -2.93. The van der Waals surface area contributed by atoms with E-state index in [4.69, 9.17) is 11.6 Å². The molecule has 2 rings (SSSR count). The predicted molar refractivity (Wildman–Crippen MR) is 79.6 cm³/mol. The zero-order valence-corrected chi connectivity index (χ0v) is 11.7. The lowest BCUT2D eigenvalue weighted by Crippen LogP contribution is -2.17. The van der Waals surface area contributed by atoms with Crippen LogP contribution in [-0.4, -0.2) is 32.5 Å². The highest BCUT2D eigenvalue weighted by atomic mass is 35.5. The molecule has 0 bridgehead atoms. The summed E-state index contributed by atoms with van der Waals surface area (Å²) in [5.74, 6) is -2.79. The smallest absolute Gasteiger partial charge is 0.271 e. The maximum atomic E-state index is 11.8. The van der Waals surface area contributed by atoms with Crippen LogP contribution in [0.25, 0.3) is 0 Å². The van der Waals surface area contributed by atoms with E-state index in [-0.39, 0.29) is 11.3 Å². The molecule has 0 saturated carbocycles. The second-order valence-corrected chi connectivity index (χ2v) is 4.70. The second-order valence-electron chi connectivity index (χ2n) is 4.27. The molecule has 0 aromatic heterocycles. The molecule has 0 spiro atoms. The summed E-state index contributed by atoms with van der Waals surface area (Å²) in [6.07, 6.45) is 1.18. The van der Waals surface area contributed by atoms with Crippen LogP contribution >= 0.6 is 11.6 Å². The third-order valence-corrected chi connectivity index (χ3v) is 2.93. The van der Waals surface area contributed by atoms with Crippen LogP contribution in [0.2, 0.25) is 5.02 Å². The summed E-state index contributed by atoms with van der Waals surface area (Å²) in [5, 5.41) is 41.4. The fourth-order valence-electron chi connectivity index (χ4n) is 1.59. The van der Waals surface area contributed by atoms with E-state index < -0.39 is 23.2 Å². The highest BCUT2D eigenvalue weighted by molar-refractivity contribution is 6.30. The number of phenols is 4. The number of hydrogen-bond acceptors (Lipinski definition) is 6. The van der Waals surface area contributed by atoms with E-state index in [1.165, 1.54) is 24.4 Å². The van der Waals surface area contributed by atoms with Gasteiger partial charge in [0.25, 0.3) is 5.91 Å². The van der Waals surface area contributed by atoms with Gasteiger partial charge in [0.15, 0.2) is 17.2 Å². The van der Waals surface area contributed by atoms with Crippen LogP contribution < -0.4 is 5.43 Å². The van der Waals surface area contributed by atoms with E-state index >= 15 is 0 Å². The van der Waals surface area contributed by atoms with E-state index in [0.29, 0.717) is 10.6 Å². The van der Waals surface area contributed by atoms with E-state index in [9.17, 15) is 25.2 Å². The number of benzene rings is 2. The standard InChI is InChI=1S/C14H11ClN2O5/c15-9-1-2-10(18)8(3-9)6-16-17-14(22)7-4-11(19)13(21)12(20)5-7/h1-6,18-21H,(H,17,22)/b16-6+. The van der Waals surface area contributed by atoms with E-state index in [0.717, 1.165) is 12.1 Å². The fraction of sp³-hybridized carbons (Fsp3) is 0. The minimum absolute atomic E-state index is 0.0673. The molecule has 5 N–H and O–H groups in total. The molecule has 7 nitrogen and oxygen atoms in total. The zero-order chi connectivity index (χ0) is 16.3. The van der Waals surface area contributed by atoms with Gasteiger partial charge in [0.05, 0.1) is 6.21 Å². The molecule has 0 radical (unpaired) electrons. The number of rotatable bonds is 3. The van der Waals surface area contributed by atoms with Crippen LogP contribution in [0.3, 0.4) is 0 Å². The number of nitrogens with zero attached hydrogens (tertiary/aromatic N) is 1. The molecule has 22 heavy (non-hydrogen) atoms. The molecule has 114 valence electrons. The largest absolute Gasteiger partial charge is 0.507 e. The molecule has 2 aromatic rings. The van der Waals surface area contributed by atoms with Gasteiger partial charge >= 0.3 is 0 Å². The van der Waals surface area contributed by atoms with Gasteiger partial charge in [-0.3, -0.25) is 4.79 Å². The number of amides is 1. The summed E-state index contributed by atoms with van der Waals surface area (Å²) >= 11 is 5.76. The molecule has 0 heterocycles. The lowest BCUT2D eigenvalue weighted by molar-refractivity contribution is 0.0954. The van der Waals surface area contributed by atoms with Crippen molar-refractivity contribution in [3.05, 3.63) is 46.5 Å². The highest BCUT2D eigenvalue weighted by Crippen LogP contribution is 2.35. The summed E-state index contributed by atoms with van der Waals surface area (Å²) in [5.41, 5.74) is 2.33. The van der Waals surface area contributed by atoms with Crippen molar-refractivity contribution in [2.75, 3.05) is 0 Å². The Morgan fingerprint density at radius 3 is 2.32 bits per heavy atom. The van der Waals surface area contributed by atoms with Crippen LogP contribution in [0, 0.1) is 0 Å². The molecule has 0 aliphatic heterocycles. The van der Waals surface area contributed by atoms with Gasteiger partial charge in [-0.2, -0.15) is 5.10 Å². The Bertz CT molecular complexity index is 738. The van der Waals surface area contributed by atoms with Crippen LogP contribution in [-0.2, 0) is 0 Å². The highest BCUT2D eigenvalue weighted by Gasteiger charge is 2.12. The monoisotopic (exact) mass is 322 g/mol. The first-order valence-electron chi connectivity index (χ1n) is 5.95. The Balaban J connectivity index is 2.13. The van der Waals surface area contributed by atoms with Gasteiger partial charge < -0.3 is 20.4 Å². The third-order valence-electron chi connectivity index (χ3n) is 2.69. The summed E-state index contributed by atoms with van der Waals surface area (Å²) in [6.45, 7) is 0. The first kappa shape index (κ1) is 15.5. The van der Waals surface area contributed by atoms with E-state index in [1.54, 1.807) is 0 Å². The fourth-order valence-corrected chi connectivity index (χ4v) is 1.77. The van der Waals surface area contributed by atoms with Crippen LogP contribution in [0.1, 0.15) is 15.9 Å². The van der Waals surface area contributed by atoms with Gasteiger partial charge in [-0.05, 0) is 30.3 Å². The molecule has 0 aliphatic carbocycles. The first-order valence-corrected chi connectivity index (χ1v) is 6.33. The van der Waals surface area contributed by atoms with Crippen molar-refractivity contribution in [2.45, 2.75) is 0 Å². The van der Waals surface area contributed by atoms with Crippen molar-refractivity contribution in [1.29, 1.82) is 0 Å². The van der Waals surface area contributed by atoms with Crippen molar-refractivity contribution in [2.24, 2.45) is 5.10 Å². The molecule has 0 aliphatic rings. The topological polar surface area (TPSA) is 122 Å². The quantitative estimate of drug-likeness (QED) is 0.336. The minimum Gasteiger partial charge on any atom is -0.507 e.